The number of alkyl halides is 3. The van der Waals surface area contributed by atoms with Crippen LogP contribution in [-0.4, -0.2) is 68.3 Å². The molecule has 2 aliphatic heterocycles. The van der Waals surface area contributed by atoms with Crippen molar-refractivity contribution in [3.05, 3.63) is 67.7 Å². The molecule has 9 nitrogen and oxygen atoms in total. The number of benzene rings is 2. The molecule has 0 radical (unpaired) electrons. The lowest BCUT2D eigenvalue weighted by atomic mass is 9.86. The highest BCUT2D eigenvalue weighted by atomic mass is 35.5. The van der Waals surface area contributed by atoms with Gasteiger partial charge in [0.05, 0.1) is 40.0 Å². The highest BCUT2D eigenvalue weighted by molar-refractivity contribution is 7.86. The molecule has 1 unspecified atom stereocenters. The van der Waals surface area contributed by atoms with Crippen LogP contribution in [0.25, 0.3) is 0 Å². The van der Waals surface area contributed by atoms with Crippen LogP contribution in [0.4, 0.5) is 13.2 Å². The molecule has 2 heterocycles. The van der Waals surface area contributed by atoms with Crippen LogP contribution in [0.3, 0.4) is 0 Å². The van der Waals surface area contributed by atoms with Crippen molar-refractivity contribution in [1.29, 1.82) is 0 Å². The van der Waals surface area contributed by atoms with Crippen molar-refractivity contribution in [2.24, 2.45) is 5.16 Å². The van der Waals surface area contributed by atoms with Crippen molar-refractivity contribution in [3.63, 3.8) is 0 Å². The van der Waals surface area contributed by atoms with Gasteiger partial charge in [-0.25, -0.2) is 0 Å². The van der Waals surface area contributed by atoms with Gasteiger partial charge in [0.2, 0.25) is 0 Å². The Morgan fingerprint density at radius 1 is 1.18 bits per heavy atom. The Morgan fingerprint density at radius 2 is 1.82 bits per heavy atom. The summed E-state index contributed by atoms with van der Waals surface area (Å²) in [5.74, 6) is -0.503. The summed E-state index contributed by atoms with van der Waals surface area (Å²) in [5.41, 5.74) is -2.19. The normalized spacial score (nSPS) is 22.2. The highest BCUT2D eigenvalue weighted by Crippen LogP contribution is 2.50. The van der Waals surface area contributed by atoms with Crippen molar-refractivity contribution in [3.8, 4) is 0 Å². The van der Waals surface area contributed by atoms with E-state index in [-0.39, 0.29) is 45.1 Å². The average Bonchev–Trinajstić information content (AvgIpc) is 3.50. The lowest BCUT2D eigenvalue weighted by Gasteiger charge is -2.30. The van der Waals surface area contributed by atoms with Crippen LogP contribution in [0.15, 0.2) is 35.5 Å². The largest absolute Gasteiger partial charge is 0.435 e. The molecule has 16 heteroatoms. The molecule has 2 aromatic rings. The van der Waals surface area contributed by atoms with Gasteiger partial charge in [-0.15, -0.1) is 0 Å². The lowest BCUT2D eigenvalue weighted by molar-refractivity contribution is -0.275. The van der Waals surface area contributed by atoms with E-state index < -0.39 is 40.4 Å². The molecule has 212 valence electrons. The Labute approximate surface area is 237 Å². The lowest BCUT2D eigenvalue weighted by Crippen LogP contribution is -2.42. The fraction of sp³-hybridized carbons (Fsp3) is 0.391. The van der Waals surface area contributed by atoms with Gasteiger partial charge in [-0.2, -0.15) is 25.9 Å². The molecular formula is C23H22Cl3F3N4O5S. The topological polar surface area (TPSA) is 101 Å². The highest BCUT2D eigenvalue weighted by Gasteiger charge is 2.62. The predicted molar refractivity (Wildman–Crippen MR) is 139 cm³/mol. The van der Waals surface area contributed by atoms with Gasteiger partial charge in [-0.3, -0.25) is 9.63 Å². The van der Waals surface area contributed by atoms with E-state index in [9.17, 15) is 26.4 Å². The third-order valence-electron chi connectivity index (χ3n) is 6.28. The van der Waals surface area contributed by atoms with Crippen LogP contribution in [0.2, 0.25) is 15.1 Å². The summed E-state index contributed by atoms with van der Waals surface area (Å²) in [4.78, 5) is 23.1. The Balaban J connectivity index is 1.52. The van der Waals surface area contributed by atoms with E-state index in [0.29, 0.717) is 11.1 Å². The second kappa shape index (κ2) is 10.7. The summed E-state index contributed by atoms with van der Waals surface area (Å²) in [6, 6.07) is 5.88. The molecular weight excluding hydrogens is 608 g/mol. The smallest absolute Gasteiger partial charge is 0.374 e. The van der Waals surface area contributed by atoms with Crippen molar-refractivity contribution in [2.75, 3.05) is 27.2 Å². The number of carbonyl (C=O) groups is 1. The first kappa shape index (κ1) is 29.8. The number of rotatable bonds is 6. The van der Waals surface area contributed by atoms with Crippen LogP contribution >= 0.6 is 34.8 Å². The minimum atomic E-state index is -4.88. The van der Waals surface area contributed by atoms with E-state index >= 15 is 0 Å². The molecule has 1 amide bonds. The van der Waals surface area contributed by atoms with Crippen molar-refractivity contribution < 1.29 is 36.1 Å². The molecule has 1 N–H and O–H groups in total. The molecule has 0 aromatic heterocycles. The maximum absolute atomic E-state index is 14.3. The number of nitrogens with zero attached hydrogens (tertiary/aromatic N) is 3. The van der Waals surface area contributed by atoms with Gasteiger partial charge in [0.25, 0.3) is 11.5 Å². The van der Waals surface area contributed by atoms with Gasteiger partial charge in [0, 0.05) is 31.6 Å². The van der Waals surface area contributed by atoms with E-state index in [1.54, 1.807) is 6.92 Å². The van der Waals surface area contributed by atoms with Crippen LogP contribution in [0.5, 0.6) is 0 Å². The predicted octanol–water partition coefficient (Wildman–Crippen LogP) is 4.69. The fourth-order valence-corrected chi connectivity index (χ4v) is 5.62. The summed E-state index contributed by atoms with van der Waals surface area (Å²) in [5, 5.41) is 6.01. The van der Waals surface area contributed by atoms with Gasteiger partial charge in [0.15, 0.2) is 0 Å². The Bertz CT molecular complexity index is 1430. The van der Waals surface area contributed by atoms with Gasteiger partial charge >= 0.3 is 16.4 Å². The van der Waals surface area contributed by atoms with Crippen LogP contribution < -0.4 is 5.32 Å². The quantitative estimate of drug-likeness (QED) is 0.468. The molecule has 1 fully saturated rings. The zero-order valence-electron chi connectivity index (χ0n) is 20.6. The first-order valence-electron chi connectivity index (χ1n) is 11.3. The van der Waals surface area contributed by atoms with Gasteiger partial charge in [-0.1, -0.05) is 50.5 Å². The van der Waals surface area contributed by atoms with Crippen molar-refractivity contribution in [2.45, 2.75) is 31.2 Å². The Hall–Kier alpha value is -2.13. The van der Waals surface area contributed by atoms with Crippen molar-refractivity contribution in [1.82, 2.24) is 14.1 Å². The van der Waals surface area contributed by atoms with E-state index in [0.717, 1.165) is 20.9 Å². The molecule has 0 spiro atoms. The number of amides is 1. The zero-order chi connectivity index (χ0) is 28.9. The first-order valence-corrected chi connectivity index (χ1v) is 13.8. The summed E-state index contributed by atoms with van der Waals surface area (Å²) >= 11 is 17.9. The minimum absolute atomic E-state index is 0.00157. The molecule has 1 saturated heterocycles. The van der Waals surface area contributed by atoms with Crippen LogP contribution in [0, 0.1) is 6.92 Å². The van der Waals surface area contributed by atoms with E-state index in [4.69, 9.17) is 44.5 Å². The number of aryl methyl sites for hydroxylation is 1. The monoisotopic (exact) mass is 628 g/mol. The second-order valence-electron chi connectivity index (χ2n) is 9.16. The number of hydrogen-bond donors (Lipinski definition) is 1. The molecule has 0 saturated carbocycles. The minimum Gasteiger partial charge on any atom is -0.374 e. The summed E-state index contributed by atoms with van der Waals surface area (Å²) in [6.07, 6.45) is -5.56. The number of oxime groups is 1. The van der Waals surface area contributed by atoms with Crippen LogP contribution in [0.1, 0.15) is 33.5 Å². The summed E-state index contributed by atoms with van der Waals surface area (Å²) < 4.78 is 69.1. The number of halogens is 6. The zero-order valence-corrected chi connectivity index (χ0v) is 23.7. The molecule has 2 aromatic carbocycles. The first-order chi connectivity index (χ1) is 18.1. The number of carbonyl (C=O) groups excluding carboxylic acids is 1. The number of nitrogens with one attached hydrogen (secondary N) is 1. The summed E-state index contributed by atoms with van der Waals surface area (Å²) in [7, 11) is -1.10. The maximum atomic E-state index is 14.3. The summed E-state index contributed by atoms with van der Waals surface area (Å²) in [6.45, 7) is 1.47. The molecule has 4 rings (SSSR count). The third kappa shape index (κ3) is 5.58. The van der Waals surface area contributed by atoms with Crippen LogP contribution in [-0.2, 0) is 25.5 Å². The van der Waals surface area contributed by atoms with Crippen molar-refractivity contribution >= 4 is 56.6 Å². The molecule has 39 heavy (non-hydrogen) atoms. The van der Waals surface area contributed by atoms with Gasteiger partial charge < -0.3 is 10.2 Å². The number of hydroxylamine groups is 1. The molecule has 2 atom stereocenters. The second-order valence-corrected chi connectivity index (χ2v) is 12.4. The van der Waals surface area contributed by atoms with E-state index in [1.165, 1.54) is 32.3 Å². The SMILES string of the molecule is Cc1cc(C2=NOC(c3cc(Cl)c(Cl)c(Cl)c3)(C(F)(F)F)C2)ccc1C(=O)N[C@H]1CON(S(=O)(=O)N(C)C)C1. The number of hydrogen-bond acceptors (Lipinski definition) is 6. The molecule has 0 aliphatic carbocycles. The Morgan fingerprint density at radius 3 is 2.38 bits per heavy atom. The van der Waals surface area contributed by atoms with Gasteiger partial charge in [-0.05, 0) is 42.3 Å². The fourth-order valence-electron chi connectivity index (χ4n) is 4.10. The average molecular weight is 630 g/mol. The standard InChI is InChI=1S/C23H22Cl3F3N4O5S/c1-12-6-13(4-5-16(12)21(34)30-15-10-33(37-11-15)39(35,36)32(2)3)19-9-22(38-31-19,23(27,28)29)14-7-17(24)20(26)18(25)8-14/h4-8,15H,9-11H2,1-3H3,(H,30,34)/t15-,22?/m1/s1. The molecule has 0 bridgehead atoms. The van der Waals surface area contributed by atoms with E-state index in [1.807, 2.05) is 0 Å². The van der Waals surface area contributed by atoms with E-state index in [2.05, 4.69) is 10.5 Å². The Kier molecular flexibility index (Phi) is 8.18. The maximum Gasteiger partial charge on any atom is 0.435 e. The third-order valence-corrected chi connectivity index (χ3v) is 9.17. The van der Waals surface area contributed by atoms with Gasteiger partial charge in [0.1, 0.15) is 0 Å². The molecule has 2 aliphatic rings.